The molecule has 0 radical (unpaired) electrons. The molecule has 0 bridgehead atoms. The number of hydrogen-bond acceptors (Lipinski definition) is 5. The Morgan fingerprint density at radius 2 is 1.82 bits per heavy atom. The Morgan fingerprint density at radius 3 is 2.36 bits per heavy atom. The number of carbonyl (C=O) groups is 1. The first kappa shape index (κ1) is 18.7. The summed E-state index contributed by atoms with van der Waals surface area (Å²) in [7, 11) is 0. The highest BCUT2D eigenvalue weighted by Crippen LogP contribution is 2.41. The van der Waals surface area contributed by atoms with E-state index in [0.717, 1.165) is 6.20 Å². The molecule has 1 aliphatic heterocycles. The van der Waals surface area contributed by atoms with Crippen molar-refractivity contribution in [2.24, 2.45) is 0 Å². The molecule has 28 heavy (non-hydrogen) atoms. The van der Waals surface area contributed by atoms with E-state index in [1.165, 1.54) is 4.57 Å². The average molecular weight is 392 g/mol. The van der Waals surface area contributed by atoms with Crippen LogP contribution >= 0.6 is 0 Å². The standard InChI is InChI=1S/C19H22F2N4O3/c1-8-5-24(6-9(2)23-8)17-13(20)15(22)12-16(14(17)21)25(10-3-4-10)7-11(18(12)26)19(27)28/h7-10,23H,3-6,22H2,1-2H3,(H,27,28)/t8-,9-/m1/s1. The number of piperazine rings is 1. The van der Waals surface area contributed by atoms with E-state index in [2.05, 4.69) is 5.32 Å². The lowest BCUT2D eigenvalue weighted by atomic mass is 10.0. The zero-order valence-corrected chi connectivity index (χ0v) is 15.7. The summed E-state index contributed by atoms with van der Waals surface area (Å²) in [6.07, 6.45) is 2.52. The third-order valence-corrected chi connectivity index (χ3v) is 5.51. The predicted molar refractivity (Wildman–Crippen MR) is 98.2 cm³/mol. The Labute approximate surface area is 159 Å². The van der Waals surface area contributed by atoms with Crippen LogP contribution in [0.4, 0.5) is 20.2 Å². The van der Waals surface area contributed by atoms with Crippen molar-refractivity contribution in [3.05, 3.63) is 33.6 Å². The molecule has 2 aromatic rings. The quantitative estimate of drug-likeness (QED) is 0.699. The van der Waals surface area contributed by atoms with E-state index in [4.69, 9.17) is 5.73 Å². The van der Waals surface area contributed by atoms with E-state index >= 15 is 8.78 Å². The maximum absolute atomic E-state index is 15.6. The molecule has 0 spiro atoms. The van der Waals surface area contributed by atoms with Crippen molar-refractivity contribution in [2.45, 2.75) is 44.8 Å². The van der Waals surface area contributed by atoms with Crippen LogP contribution in [0.2, 0.25) is 0 Å². The number of carboxylic acids is 1. The van der Waals surface area contributed by atoms with Crippen LogP contribution < -0.4 is 26.5 Å². The van der Waals surface area contributed by atoms with Gasteiger partial charge in [-0.3, -0.25) is 4.79 Å². The van der Waals surface area contributed by atoms with E-state index in [1.807, 2.05) is 13.8 Å². The summed E-state index contributed by atoms with van der Waals surface area (Å²) in [5, 5.41) is 13.1. The van der Waals surface area contributed by atoms with Gasteiger partial charge in [-0.2, -0.15) is 0 Å². The van der Waals surface area contributed by atoms with Gasteiger partial charge in [0, 0.05) is 12.2 Å². The number of anilines is 2. The number of aromatic nitrogens is 1. The fourth-order valence-electron chi connectivity index (χ4n) is 4.25. The van der Waals surface area contributed by atoms with Crippen molar-refractivity contribution >= 4 is 28.2 Å². The minimum Gasteiger partial charge on any atom is -0.545 e. The molecule has 150 valence electrons. The summed E-state index contributed by atoms with van der Waals surface area (Å²) in [5.74, 6) is -3.60. The van der Waals surface area contributed by atoms with Gasteiger partial charge >= 0.3 is 0 Å². The number of hydrogen-bond donors (Lipinski definition) is 2. The Kier molecular flexibility index (Phi) is 4.29. The van der Waals surface area contributed by atoms with Gasteiger partial charge in [0.25, 0.3) is 0 Å². The number of rotatable bonds is 3. The van der Waals surface area contributed by atoms with Gasteiger partial charge in [0.15, 0.2) is 11.6 Å². The summed E-state index contributed by atoms with van der Waals surface area (Å²) in [4.78, 5) is 25.6. The first-order chi connectivity index (χ1) is 13.2. The zero-order chi connectivity index (χ0) is 20.3. The highest BCUT2D eigenvalue weighted by Gasteiger charge is 2.34. The third-order valence-electron chi connectivity index (χ3n) is 5.51. The van der Waals surface area contributed by atoms with Gasteiger partial charge < -0.3 is 30.4 Å². The number of carboxylic acid groups (broad SMARTS) is 1. The lowest BCUT2D eigenvalue weighted by Crippen LogP contribution is -2.99. The molecule has 4 rings (SSSR count). The molecule has 2 atom stereocenters. The highest BCUT2D eigenvalue weighted by molar-refractivity contribution is 5.99. The van der Waals surface area contributed by atoms with E-state index in [-0.39, 0.29) is 29.3 Å². The van der Waals surface area contributed by atoms with Gasteiger partial charge in [-0.25, -0.2) is 8.78 Å². The van der Waals surface area contributed by atoms with Crippen LogP contribution in [0.1, 0.15) is 43.1 Å². The molecule has 1 saturated heterocycles. The minimum absolute atomic E-state index is 0.130. The second-order valence-electron chi connectivity index (χ2n) is 7.96. The first-order valence-electron chi connectivity index (χ1n) is 9.37. The molecule has 7 nitrogen and oxygen atoms in total. The number of quaternary nitrogens is 1. The van der Waals surface area contributed by atoms with Crippen molar-refractivity contribution in [3.63, 3.8) is 0 Å². The molecule has 2 aliphatic rings. The van der Waals surface area contributed by atoms with E-state index in [1.54, 1.807) is 4.90 Å². The molecule has 2 heterocycles. The normalized spacial score (nSPS) is 22.6. The fourth-order valence-corrected chi connectivity index (χ4v) is 4.25. The number of fused-ring (bicyclic) bond motifs is 1. The highest BCUT2D eigenvalue weighted by atomic mass is 19.1. The number of nitrogen functional groups attached to an aromatic ring is 1. The second-order valence-corrected chi connectivity index (χ2v) is 7.96. The number of nitrogens with two attached hydrogens (primary N) is 2. The SMILES string of the molecule is C[C@@H]1CN(c2c(F)c(N)c3c(=O)c(C(=O)[O-])cn(C4CC4)c3c2F)C[C@@H](C)[NH2+]1. The van der Waals surface area contributed by atoms with Gasteiger partial charge in [-0.15, -0.1) is 0 Å². The van der Waals surface area contributed by atoms with Crippen molar-refractivity contribution in [1.82, 2.24) is 4.57 Å². The van der Waals surface area contributed by atoms with Gasteiger partial charge in [0.05, 0.1) is 41.2 Å². The van der Waals surface area contributed by atoms with Gasteiger partial charge in [0.2, 0.25) is 5.43 Å². The molecule has 1 saturated carbocycles. The summed E-state index contributed by atoms with van der Waals surface area (Å²) >= 11 is 0. The lowest BCUT2D eigenvalue weighted by Gasteiger charge is -2.35. The van der Waals surface area contributed by atoms with Crippen molar-refractivity contribution in [3.8, 4) is 0 Å². The zero-order valence-electron chi connectivity index (χ0n) is 15.7. The van der Waals surface area contributed by atoms with Crippen LogP contribution in [0.5, 0.6) is 0 Å². The van der Waals surface area contributed by atoms with E-state index in [0.29, 0.717) is 25.9 Å². The van der Waals surface area contributed by atoms with E-state index < -0.39 is 39.7 Å². The minimum atomic E-state index is -1.69. The number of carbonyl (C=O) groups excluding carboxylic acids is 1. The van der Waals surface area contributed by atoms with Crippen LogP contribution in [0, 0.1) is 11.6 Å². The smallest absolute Gasteiger partial charge is 0.200 e. The number of nitrogens with zero attached hydrogens (tertiary/aromatic N) is 2. The summed E-state index contributed by atoms with van der Waals surface area (Å²) in [6.45, 7) is 4.78. The number of halogens is 2. The molecule has 0 unspecified atom stereocenters. The van der Waals surface area contributed by atoms with Crippen LogP contribution in [-0.2, 0) is 0 Å². The Balaban J connectivity index is 2.05. The molecule has 0 amide bonds. The van der Waals surface area contributed by atoms with Crippen LogP contribution in [0.15, 0.2) is 11.0 Å². The summed E-state index contributed by atoms with van der Waals surface area (Å²) < 4.78 is 32.2. The van der Waals surface area contributed by atoms with Gasteiger partial charge in [0.1, 0.15) is 17.8 Å². The van der Waals surface area contributed by atoms with Crippen LogP contribution in [0.25, 0.3) is 10.9 Å². The van der Waals surface area contributed by atoms with Crippen molar-refractivity contribution < 1.29 is 24.0 Å². The third kappa shape index (κ3) is 2.81. The van der Waals surface area contributed by atoms with Crippen LogP contribution in [-0.4, -0.2) is 35.7 Å². The number of pyridine rings is 1. The topological polar surface area (TPSA) is 108 Å². The fraction of sp³-hybridized carbons (Fsp3) is 0.474. The van der Waals surface area contributed by atoms with Crippen molar-refractivity contribution in [1.29, 1.82) is 0 Å². The molecule has 1 aliphatic carbocycles. The monoisotopic (exact) mass is 392 g/mol. The Morgan fingerprint density at radius 1 is 1.21 bits per heavy atom. The molecule has 1 aromatic carbocycles. The van der Waals surface area contributed by atoms with Crippen molar-refractivity contribution in [2.75, 3.05) is 23.7 Å². The molecule has 1 aromatic heterocycles. The molecule has 2 fully saturated rings. The Hall–Kier alpha value is -2.68. The largest absolute Gasteiger partial charge is 0.545 e. The lowest BCUT2D eigenvalue weighted by molar-refractivity contribution is -0.716. The first-order valence-corrected chi connectivity index (χ1v) is 9.37. The van der Waals surface area contributed by atoms with E-state index in [9.17, 15) is 14.7 Å². The summed E-state index contributed by atoms with van der Waals surface area (Å²) in [6, 6.07) is 0.108. The predicted octanol–water partition coefficient (Wildman–Crippen LogP) is -0.279. The average Bonchev–Trinajstić information content (AvgIpc) is 3.43. The van der Waals surface area contributed by atoms with Crippen LogP contribution in [0.3, 0.4) is 0 Å². The van der Waals surface area contributed by atoms with Gasteiger partial charge in [-0.05, 0) is 26.7 Å². The Bertz CT molecular complexity index is 1040. The maximum atomic E-state index is 15.6. The second kappa shape index (κ2) is 6.44. The molecule has 4 N–H and O–H groups in total. The number of aromatic carboxylic acids is 1. The molecular formula is C19H22F2N4O3. The summed E-state index contributed by atoms with van der Waals surface area (Å²) in [5.41, 5.74) is 3.33. The number of benzene rings is 1. The maximum Gasteiger partial charge on any atom is 0.200 e. The molecular weight excluding hydrogens is 370 g/mol. The van der Waals surface area contributed by atoms with Gasteiger partial charge in [-0.1, -0.05) is 0 Å². The molecule has 9 heteroatoms.